The lowest BCUT2D eigenvalue weighted by Gasteiger charge is -2.39. The van der Waals surface area contributed by atoms with Gasteiger partial charge in [-0.05, 0) is 49.2 Å². The Hall–Kier alpha value is -3.26. The van der Waals surface area contributed by atoms with Crippen LogP contribution in [0.4, 0.5) is 5.69 Å². The summed E-state index contributed by atoms with van der Waals surface area (Å²) in [5.74, 6) is 0.481. The molecule has 7 nitrogen and oxygen atoms in total. The van der Waals surface area contributed by atoms with E-state index in [0.29, 0.717) is 18.1 Å². The Morgan fingerprint density at radius 3 is 2.41 bits per heavy atom. The third kappa shape index (κ3) is 5.80. The molecule has 180 valence electrons. The van der Waals surface area contributed by atoms with Crippen LogP contribution in [0, 0.1) is 0 Å². The molecule has 1 aromatic heterocycles. The lowest BCUT2D eigenvalue weighted by molar-refractivity contribution is 0.0523. The Labute approximate surface area is 208 Å². The van der Waals surface area contributed by atoms with Crippen LogP contribution in [0.2, 0.25) is 0 Å². The van der Waals surface area contributed by atoms with Crippen LogP contribution in [-0.4, -0.2) is 29.9 Å². The Kier molecular flexibility index (Phi) is 8.04. The minimum Gasteiger partial charge on any atom is -0.493 e. The molecule has 0 radical (unpaired) electrons. The molecule has 2 aromatic carbocycles. The van der Waals surface area contributed by atoms with Crippen LogP contribution in [0.15, 0.2) is 70.2 Å². The molecule has 8 heteroatoms. The molecule has 0 amide bonds. The molecule has 0 bridgehead atoms. The van der Waals surface area contributed by atoms with Gasteiger partial charge in [0, 0.05) is 35.1 Å². The normalized spacial score (nSPS) is 11.1. The fraction of sp³-hybridized carbons (Fsp3) is 0.308. The number of esters is 1. The minimum absolute atomic E-state index is 0.0382. The second-order valence-electron chi connectivity index (χ2n) is 8.53. The zero-order valence-electron chi connectivity index (χ0n) is 20.0. The van der Waals surface area contributed by atoms with Crippen molar-refractivity contribution in [1.82, 2.24) is 4.68 Å². The Morgan fingerprint density at radius 2 is 1.79 bits per heavy atom. The van der Waals surface area contributed by atoms with E-state index in [0.717, 1.165) is 15.7 Å². The number of benzene rings is 2. The van der Waals surface area contributed by atoms with Crippen LogP contribution in [0.25, 0.3) is 0 Å². The van der Waals surface area contributed by atoms with Gasteiger partial charge in [0.05, 0.1) is 24.9 Å². The second kappa shape index (κ2) is 10.8. The number of pyridine rings is 1. The molecule has 0 fully saturated rings. The summed E-state index contributed by atoms with van der Waals surface area (Å²) in [6.45, 7) is 8.33. The highest BCUT2D eigenvalue weighted by atomic mass is 79.9. The predicted octanol–water partition coefficient (Wildman–Crippen LogP) is 5.44. The largest absolute Gasteiger partial charge is 0.493 e. The third-order valence-corrected chi connectivity index (χ3v) is 5.60. The molecule has 0 spiro atoms. The van der Waals surface area contributed by atoms with Crippen molar-refractivity contribution in [3.05, 3.63) is 86.7 Å². The number of rotatable bonds is 8. The number of anilines is 1. The molecule has 0 saturated carbocycles. The van der Waals surface area contributed by atoms with Gasteiger partial charge in [-0.1, -0.05) is 30.3 Å². The van der Waals surface area contributed by atoms with Gasteiger partial charge in [-0.25, -0.2) is 4.79 Å². The fourth-order valence-electron chi connectivity index (χ4n) is 3.49. The number of carbonyl (C=O) groups is 1. The van der Waals surface area contributed by atoms with Gasteiger partial charge < -0.3 is 14.2 Å². The first-order valence-corrected chi connectivity index (χ1v) is 11.7. The van der Waals surface area contributed by atoms with E-state index in [1.165, 1.54) is 12.3 Å². The van der Waals surface area contributed by atoms with Crippen molar-refractivity contribution in [2.75, 3.05) is 18.7 Å². The first-order valence-electron chi connectivity index (χ1n) is 10.9. The third-order valence-electron chi connectivity index (χ3n) is 4.97. The van der Waals surface area contributed by atoms with E-state index in [1.807, 2.05) is 68.2 Å². The van der Waals surface area contributed by atoms with Gasteiger partial charge in [0.2, 0.25) is 0 Å². The number of methoxy groups -OCH3 is 1. The van der Waals surface area contributed by atoms with Crippen molar-refractivity contribution < 1.29 is 19.0 Å². The molecule has 0 atom stereocenters. The number of halogens is 1. The summed E-state index contributed by atoms with van der Waals surface area (Å²) in [4.78, 5) is 24.7. The first kappa shape index (κ1) is 25.4. The van der Waals surface area contributed by atoms with Crippen LogP contribution in [0.3, 0.4) is 0 Å². The second-order valence-corrected chi connectivity index (χ2v) is 9.39. The summed E-state index contributed by atoms with van der Waals surface area (Å²) in [6, 6.07) is 14.9. The standard InChI is InChI=1S/C26H29BrN2O5/c1-6-33-25(31)19-16-28(13-12-22(19)30)29(26(2,3)4)21-15-24(23(32-5)14-20(21)27)34-17-18-10-8-7-9-11-18/h7-16H,6,17H2,1-5H3. The Morgan fingerprint density at radius 1 is 1.09 bits per heavy atom. The number of nitrogens with zero attached hydrogens (tertiary/aromatic N) is 2. The highest BCUT2D eigenvalue weighted by Crippen LogP contribution is 2.41. The molecular weight excluding hydrogens is 500 g/mol. The monoisotopic (exact) mass is 528 g/mol. The number of ether oxygens (including phenoxy) is 3. The van der Waals surface area contributed by atoms with E-state index in [1.54, 1.807) is 24.9 Å². The van der Waals surface area contributed by atoms with Crippen LogP contribution in [0.5, 0.6) is 11.5 Å². The summed E-state index contributed by atoms with van der Waals surface area (Å²) in [7, 11) is 1.59. The van der Waals surface area contributed by atoms with Crippen LogP contribution in [0.1, 0.15) is 43.6 Å². The average Bonchev–Trinajstić information content (AvgIpc) is 2.80. The van der Waals surface area contributed by atoms with Crippen molar-refractivity contribution in [2.24, 2.45) is 0 Å². The maximum absolute atomic E-state index is 12.4. The van der Waals surface area contributed by atoms with Crippen LogP contribution < -0.4 is 19.9 Å². The maximum Gasteiger partial charge on any atom is 0.343 e. The van der Waals surface area contributed by atoms with Gasteiger partial charge in [-0.15, -0.1) is 0 Å². The van der Waals surface area contributed by atoms with E-state index in [4.69, 9.17) is 14.2 Å². The Balaban J connectivity index is 2.09. The van der Waals surface area contributed by atoms with E-state index in [2.05, 4.69) is 15.9 Å². The summed E-state index contributed by atoms with van der Waals surface area (Å²) in [5.41, 5.74) is 0.901. The molecule has 0 aliphatic carbocycles. The molecule has 3 rings (SSSR count). The zero-order valence-corrected chi connectivity index (χ0v) is 21.6. The molecule has 3 aromatic rings. The summed E-state index contributed by atoms with van der Waals surface area (Å²) in [5, 5.41) is 1.95. The van der Waals surface area contributed by atoms with Crippen LogP contribution in [-0.2, 0) is 11.3 Å². The zero-order chi connectivity index (χ0) is 24.9. The van der Waals surface area contributed by atoms with Gasteiger partial charge in [0.15, 0.2) is 16.9 Å². The van der Waals surface area contributed by atoms with Crippen LogP contribution >= 0.6 is 15.9 Å². The van der Waals surface area contributed by atoms with Gasteiger partial charge in [0.1, 0.15) is 12.2 Å². The van der Waals surface area contributed by atoms with E-state index >= 15 is 0 Å². The molecule has 0 aliphatic heterocycles. The first-order chi connectivity index (χ1) is 16.2. The molecule has 1 heterocycles. The van der Waals surface area contributed by atoms with Crippen molar-refractivity contribution >= 4 is 27.6 Å². The number of hydrogen-bond donors (Lipinski definition) is 0. The summed E-state index contributed by atoms with van der Waals surface area (Å²) >= 11 is 3.65. The van der Waals surface area contributed by atoms with E-state index in [9.17, 15) is 9.59 Å². The molecular formula is C26H29BrN2O5. The van der Waals surface area contributed by atoms with Gasteiger partial charge in [0.25, 0.3) is 0 Å². The predicted molar refractivity (Wildman–Crippen MR) is 136 cm³/mol. The molecule has 0 aliphatic rings. The topological polar surface area (TPSA) is 70.0 Å². The molecule has 0 saturated heterocycles. The van der Waals surface area contributed by atoms with Crippen molar-refractivity contribution in [1.29, 1.82) is 0 Å². The lowest BCUT2D eigenvalue weighted by atomic mass is 10.1. The highest BCUT2D eigenvalue weighted by molar-refractivity contribution is 9.10. The average molecular weight is 529 g/mol. The fourth-order valence-corrected chi connectivity index (χ4v) is 3.98. The Bertz CT molecular complexity index is 1200. The van der Waals surface area contributed by atoms with Crippen molar-refractivity contribution in [3.8, 4) is 11.5 Å². The number of aromatic nitrogens is 1. The molecule has 0 N–H and O–H groups in total. The van der Waals surface area contributed by atoms with E-state index in [-0.39, 0.29) is 12.2 Å². The van der Waals surface area contributed by atoms with Gasteiger partial charge in [-0.3, -0.25) is 14.5 Å². The molecule has 0 unspecified atom stereocenters. The smallest absolute Gasteiger partial charge is 0.343 e. The van der Waals surface area contributed by atoms with Crippen molar-refractivity contribution in [2.45, 2.75) is 39.8 Å². The summed E-state index contributed by atoms with van der Waals surface area (Å²) < 4.78 is 19.2. The van der Waals surface area contributed by atoms with E-state index < -0.39 is 16.9 Å². The lowest BCUT2D eigenvalue weighted by Crippen LogP contribution is -2.46. The molecule has 34 heavy (non-hydrogen) atoms. The number of hydrogen-bond acceptors (Lipinski definition) is 6. The summed E-state index contributed by atoms with van der Waals surface area (Å²) in [6.07, 6.45) is 3.12. The van der Waals surface area contributed by atoms with Gasteiger partial charge in [-0.2, -0.15) is 0 Å². The highest BCUT2D eigenvalue weighted by Gasteiger charge is 2.28. The van der Waals surface area contributed by atoms with Gasteiger partial charge >= 0.3 is 5.97 Å². The SMILES string of the molecule is CCOC(=O)c1cn(N(c2cc(OCc3ccccc3)c(OC)cc2Br)C(C)(C)C)ccc1=O. The number of carbonyl (C=O) groups excluding carboxylic acids is 1. The minimum atomic E-state index is -0.656. The maximum atomic E-state index is 12.4. The van der Waals surface area contributed by atoms with Crippen molar-refractivity contribution in [3.63, 3.8) is 0 Å². The quantitative estimate of drug-likeness (QED) is 0.362.